The number of ether oxygens (including phenoxy) is 1. The van der Waals surface area contributed by atoms with Crippen molar-refractivity contribution in [2.45, 2.75) is 31.7 Å². The van der Waals surface area contributed by atoms with Crippen molar-refractivity contribution in [3.05, 3.63) is 71.8 Å². The summed E-state index contributed by atoms with van der Waals surface area (Å²) in [4.78, 5) is 25.3. The number of hydrogen-bond donors (Lipinski definition) is 1. The molecule has 5 nitrogen and oxygen atoms in total. The fourth-order valence-electron chi connectivity index (χ4n) is 2.88. The monoisotopic (exact) mass is 325 g/mol. The summed E-state index contributed by atoms with van der Waals surface area (Å²) in [6, 6.07) is 17.8. The first kappa shape index (κ1) is 16.2. The van der Waals surface area contributed by atoms with Crippen LogP contribution in [0, 0.1) is 0 Å². The van der Waals surface area contributed by atoms with Crippen molar-refractivity contribution < 1.29 is 19.4 Å². The van der Waals surface area contributed by atoms with E-state index in [2.05, 4.69) is 0 Å². The Kier molecular flexibility index (Phi) is 4.91. The van der Waals surface area contributed by atoms with Gasteiger partial charge in [0.1, 0.15) is 18.7 Å². The first-order valence-electron chi connectivity index (χ1n) is 7.88. The Hall–Kier alpha value is -2.66. The van der Waals surface area contributed by atoms with Crippen molar-refractivity contribution in [3.63, 3.8) is 0 Å². The quantitative estimate of drug-likeness (QED) is 0.827. The lowest BCUT2D eigenvalue weighted by Gasteiger charge is -2.44. The topological polar surface area (TPSA) is 66.8 Å². The number of aliphatic carboxylic acids is 1. The summed E-state index contributed by atoms with van der Waals surface area (Å²) in [6.45, 7) is 0.621. The van der Waals surface area contributed by atoms with Gasteiger partial charge in [-0.15, -0.1) is 0 Å². The van der Waals surface area contributed by atoms with Crippen LogP contribution in [0.25, 0.3) is 0 Å². The predicted molar refractivity (Wildman–Crippen MR) is 88.1 cm³/mol. The van der Waals surface area contributed by atoms with E-state index >= 15 is 0 Å². The molecular weight excluding hydrogens is 306 g/mol. The highest BCUT2D eigenvalue weighted by molar-refractivity contribution is 5.83. The molecule has 124 valence electrons. The maximum absolute atomic E-state index is 12.3. The van der Waals surface area contributed by atoms with Crippen molar-refractivity contribution in [2.24, 2.45) is 0 Å². The molecule has 2 atom stereocenters. The zero-order valence-electron chi connectivity index (χ0n) is 13.2. The second kappa shape index (κ2) is 7.27. The van der Waals surface area contributed by atoms with Crippen molar-refractivity contribution in [1.29, 1.82) is 0 Å². The summed E-state index contributed by atoms with van der Waals surface area (Å²) in [5, 5.41) is 9.30. The van der Waals surface area contributed by atoms with Gasteiger partial charge in [0.15, 0.2) is 0 Å². The summed E-state index contributed by atoms with van der Waals surface area (Å²) in [5.41, 5.74) is 1.89. The highest BCUT2D eigenvalue weighted by atomic mass is 16.5. The van der Waals surface area contributed by atoms with Gasteiger partial charge in [0.25, 0.3) is 0 Å². The molecule has 2 unspecified atom stereocenters. The number of carbonyl (C=O) groups is 2. The molecule has 0 aromatic heterocycles. The minimum atomic E-state index is -0.905. The molecule has 0 bridgehead atoms. The zero-order chi connectivity index (χ0) is 16.9. The lowest BCUT2D eigenvalue weighted by molar-refractivity contribution is -0.169. The average Bonchev–Trinajstić information content (AvgIpc) is 2.58. The first-order chi connectivity index (χ1) is 11.6. The van der Waals surface area contributed by atoms with Crippen molar-refractivity contribution in [3.8, 4) is 0 Å². The Morgan fingerprint density at radius 3 is 2.12 bits per heavy atom. The fourth-order valence-corrected chi connectivity index (χ4v) is 2.88. The summed E-state index contributed by atoms with van der Waals surface area (Å²) in [5.74, 6) is -1.27. The third-order valence-electron chi connectivity index (χ3n) is 4.24. The van der Waals surface area contributed by atoms with E-state index in [4.69, 9.17) is 4.74 Å². The second-order valence-electron chi connectivity index (χ2n) is 5.86. The second-order valence-corrected chi connectivity index (χ2v) is 5.86. The standard InChI is InChI=1S/C19H19NO4/c21-18(22)16-11-17(20(16)12-14-7-3-1-4-8-14)19(23)24-13-15-9-5-2-6-10-15/h1-10,16-17H,11-13H2,(H,21,22). The molecule has 0 radical (unpaired) electrons. The molecular formula is C19H19NO4. The summed E-state index contributed by atoms with van der Waals surface area (Å²) in [7, 11) is 0. The van der Waals surface area contributed by atoms with Gasteiger partial charge in [-0.1, -0.05) is 60.7 Å². The van der Waals surface area contributed by atoms with Crippen molar-refractivity contribution >= 4 is 11.9 Å². The Morgan fingerprint density at radius 2 is 1.54 bits per heavy atom. The molecule has 2 aromatic rings. The Morgan fingerprint density at radius 1 is 0.958 bits per heavy atom. The molecule has 1 aliphatic rings. The lowest BCUT2D eigenvalue weighted by atomic mass is 9.92. The van der Waals surface area contributed by atoms with E-state index in [0.717, 1.165) is 11.1 Å². The molecule has 1 fully saturated rings. The first-order valence-corrected chi connectivity index (χ1v) is 7.88. The molecule has 1 aliphatic heterocycles. The largest absolute Gasteiger partial charge is 0.480 e. The molecule has 24 heavy (non-hydrogen) atoms. The van der Waals surface area contributed by atoms with Gasteiger partial charge in [0, 0.05) is 6.54 Å². The molecule has 0 aliphatic carbocycles. The van der Waals surface area contributed by atoms with Crippen molar-refractivity contribution in [1.82, 2.24) is 4.90 Å². The number of carboxylic acid groups (broad SMARTS) is 1. The maximum atomic E-state index is 12.3. The number of likely N-dealkylation sites (tertiary alicyclic amines) is 1. The minimum Gasteiger partial charge on any atom is -0.480 e. The van der Waals surface area contributed by atoms with E-state index in [-0.39, 0.29) is 19.0 Å². The van der Waals surface area contributed by atoms with Crippen LogP contribution in [0.4, 0.5) is 0 Å². The molecule has 0 saturated carbocycles. The molecule has 1 saturated heterocycles. The molecule has 1 heterocycles. The lowest BCUT2D eigenvalue weighted by Crippen LogP contribution is -2.62. The predicted octanol–water partition coefficient (Wildman–Crippen LogP) is 2.46. The van der Waals surface area contributed by atoms with E-state index < -0.39 is 18.1 Å². The number of rotatable bonds is 6. The molecule has 0 spiro atoms. The Labute approximate surface area is 140 Å². The fraction of sp³-hybridized carbons (Fsp3) is 0.263. The summed E-state index contributed by atoms with van der Waals surface area (Å²) in [6.07, 6.45) is 0.287. The third-order valence-corrected chi connectivity index (χ3v) is 4.24. The smallest absolute Gasteiger partial charge is 0.323 e. The van der Waals surface area contributed by atoms with Gasteiger partial charge >= 0.3 is 11.9 Å². The van der Waals surface area contributed by atoms with Crippen LogP contribution in [0.3, 0.4) is 0 Å². The number of hydrogen-bond acceptors (Lipinski definition) is 4. The highest BCUT2D eigenvalue weighted by Crippen LogP contribution is 2.29. The van der Waals surface area contributed by atoms with Crippen LogP contribution in [0.5, 0.6) is 0 Å². The van der Waals surface area contributed by atoms with E-state index in [1.807, 2.05) is 60.7 Å². The van der Waals surface area contributed by atoms with Crippen molar-refractivity contribution in [2.75, 3.05) is 0 Å². The average molecular weight is 325 g/mol. The number of carbonyl (C=O) groups excluding carboxylic acids is 1. The molecule has 3 rings (SSSR count). The van der Waals surface area contributed by atoms with Gasteiger partial charge in [-0.3, -0.25) is 14.5 Å². The SMILES string of the molecule is O=C(O)C1CC(C(=O)OCc2ccccc2)N1Cc1ccccc1. The number of carboxylic acids is 1. The summed E-state index contributed by atoms with van der Waals surface area (Å²) >= 11 is 0. The van der Waals surface area contributed by atoms with Crippen LogP contribution in [-0.4, -0.2) is 34.0 Å². The van der Waals surface area contributed by atoms with Crippen LogP contribution in [-0.2, 0) is 27.5 Å². The van der Waals surface area contributed by atoms with Gasteiger partial charge in [0.05, 0.1) is 0 Å². The maximum Gasteiger partial charge on any atom is 0.323 e. The molecule has 2 aromatic carbocycles. The van der Waals surface area contributed by atoms with Crippen LogP contribution in [0.1, 0.15) is 17.5 Å². The van der Waals surface area contributed by atoms with Gasteiger partial charge in [-0.25, -0.2) is 0 Å². The van der Waals surface area contributed by atoms with Gasteiger partial charge < -0.3 is 9.84 Å². The van der Waals surface area contributed by atoms with Crippen LogP contribution < -0.4 is 0 Å². The molecule has 5 heteroatoms. The summed E-state index contributed by atoms with van der Waals surface area (Å²) < 4.78 is 5.35. The van der Waals surface area contributed by atoms with E-state index in [1.165, 1.54) is 0 Å². The Balaban J connectivity index is 1.63. The van der Waals surface area contributed by atoms with Gasteiger partial charge in [-0.05, 0) is 17.5 Å². The zero-order valence-corrected chi connectivity index (χ0v) is 13.2. The molecule has 1 N–H and O–H groups in total. The molecule has 0 amide bonds. The normalized spacial score (nSPS) is 20.2. The van der Waals surface area contributed by atoms with Gasteiger partial charge in [-0.2, -0.15) is 0 Å². The van der Waals surface area contributed by atoms with E-state index in [1.54, 1.807) is 4.90 Å². The van der Waals surface area contributed by atoms with Crippen LogP contribution in [0.15, 0.2) is 60.7 Å². The number of nitrogens with zero attached hydrogens (tertiary/aromatic N) is 1. The van der Waals surface area contributed by atoms with Crippen LogP contribution >= 0.6 is 0 Å². The number of esters is 1. The number of benzene rings is 2. The highest BCUT2D eigenvalue weighted by Gasteiger charge is 2.47. The van der Waals surface area contributed by atoms with Crippen LogP contribution in [0.2, 0.25) is 0 Å². The third kappa shape index (κ3) is 3.63. The van der Waals surface area contributed by atoms with E-state index in [9.17, 15) is 14.7 Å². The van der Waals surface area contributed by atoms with E-state index in [0.29, 0.717) is 6.54 Å². The minimum absolute atomic E-state index is 0.201. The Bertz CT molecular complexity index is 702. The van der Waals surface area contributed by atoms with Gasteiger partial charge in [0.2, 0.25) is 0 Å².